The second-order valence-electron chi connectivity index (χ2n) is 9.87. The second-order valence-corrected chi connectivity index (χ2v) is 9.87. The summed E-state index contributed by atoms with van der Waals surface area (Å²) < 4.78 is 33.4. The van der Waals surface area contributed by atoms with Gasteiger partial charge in [-0.05, 0) is 50.1 Å². The van der Waals surface area contributed by atoms with Crippen LogP contribution in [0.15, 0.2) is 36.4 Å². The fourth-order valence-electron chi connectivity index (χ4n) is 5.76. The molecule has 0 saturated heterocycles. The van der Waals surface area contributed by atoms with Gasteiger partial charge >= 0.3 is 6.61 Å². The van der Waals surface area contributed by atoms with Gasteiger partial charge in [0.15, 0.2) is 0 Å². The summed E-state index contributed by atoms with van der Waals surface area (Å²) in [5.74, 6) is 7.23. The molecular formula is C27H22F2N4O2. The summed E-state index contributed by atoms with van der Waals surface area (Å²) in [6.45, 7) is -1.04. The first-order valence-corrected chi connectivity index (χ1v) is 11.6. The van der Waals surface area contributed by atoms with Gasteiger partial charge in [0.05, 0.1) is 34.6 Å². The van der Waals surface area contributed by atoms with Gasteiger partial charge in [-0.1, -0.05) is 17.9 Å². The van der Waals surface area contributed by atoms with Crippen LogP contribution in [0.3, 0.4) is 0 Å². The number of carbonyl (C=O) groups excluding carboxylic acids is 1. The van der Waals surface area contributed by atoms with Crippen molar-refractivity contribution < 1.29 is 18.3 Å². The summed E-state index contributed by atoms with van der Waals surface area (Å²) in [6, 6.07) is 12.2. The smallest absolute Gasteiger partial charge is 0.387 e. The van der Waals surface area contributed by atoms with E-state index in [9.17, 15) is 18.8 Å². The Labute approximate surface area is 201 Å². The predicted molar refractivity (Wildman–Crippen MR) is 124 cm³/mol. The number of benzene rings is 2. The molecule has 176 valence electrons. The van der Waals surface area contributed by atoms with Crippen molar-refractivity contribution in [1.29, 1.82) is 5.26 Å². The van der Waals surface area contributed by atoms with Crippen molar-refractivity contribution in [2.45, 2.75) is 44.9 Å². The highest BCUT2D eigenvalue weighted by Crippen LogP contribution is 2.50. The number of fused-ring (bicyclic) bond motifs is 9. The maximum absolute atomic E-state index is 13.2. The van der Waals surface area contributed by atoms with Gasteiger partial charge in [0, 0.05) is 36.1 Å². The first kappa shape index (κ1) is 21.6. The largest absolute Gasteiger partial charge is 0.434 e. The number of nitrogens with zero attached hydrogens (tertiary/aromatic N) is 4. The number of aromatic nitrogens is 2. The second kappa shape index (κ2) is 7.55. The molecule has 3 aromatic rings. The minimum atomic E-state index is -3.00. The Morgan fingerprint density at radius 1 is 1.23 bits per heavy atom. The number of alkyl halides is 2. The number of nitriles is 1. The molecule has 1 aromatic heterocycles. The lowest BCUT2D eigenvalue weighted by Gasteiger charge is -2.36. The van der Waals surface area contributed by atoms with Gasteiger partial charge in [-0.15, -0.1) is 0 Å². The van der Waals surface area contributed by atoms with Crippen molar-refractivity contribution in [1.82, 2.24) is 14.5 Å². The topological polar surface area (TPSA) is 71.2 Å². The van der Waals surface area contributed by atoms with E-state index in [4.69, 9.17) is 9.72 Å². The molecule has 0 spiro atoms. The monoisotopic (exact) mass is 472 g/mol. The van der Waals surface area contributed by atoms with E-state index >= 15 is 0 Å². The van der Waals surface area contributed by atoms with Crippen LogP contribution in [-0.2, 0) is 0 Å². The predicted octanol–water partition coefficient (Wildman–Crippen LogP) is 5.05. The quantitative estimate of drug-likeness (QED) is 0.490. The van der Waals surface area contributed by atoms with Crippen LogP contribution in [0.5, 0.6) is 5.75 Å². The summed E-state index contributed by atoms with van der Waals surface area (Å²) in [7, 11) is 1.72. The first-order valence-electron chi connectivity index (χ1n) is 11.6. The number of hydrogen-bond acceptors (Lipinski definition) is 4. The summed E-state index contributed by atoms with van der Waals surface area (Å²) in [5.41, 5.74) is 2.99. The zero-order chi connectivity index (χ0) is 24.5. The minimum Gasteiger partial charge on any atom is -0.434 e. The minimum absolute atomic E-state index is 0.0149. The van der Waals surface area contributed by atoms with Crippen LogP contribution >= 0.6 is 0 Å². The molecular weight excluding hydrogens is 450 g/mol. The van der Waals surface area contributed by atoms with Crippen LogP contribution in [0, 0.1) is 34.5 Å². The molecule has 8 heteroatoms. The van der Waals surface area contributed by atoms with Crippen molar-refractivity contribution in [2.24, 2.45) is 11.3 Å². The van der Waals surface area contributed by atoms with E-state index in [1.807, 2.05) is 29.7 Å². The summed E-state index contributed by atoms with van der Waals surface area (Å²) in [5, 5.41) is 9.22. The summed E-state index contributed by atoms with van der Waals surface area (Å²) >= 11 is 0. The zero-order valence-electron chi connectivity index (χ0n) is 19.3. The van der Waals surface area contributed by atoms with Crippen LogP contribution in [-0.4, -0.2) is 34.0 Å². The molecule has 1 aliphatic carbocycles. The van der Waals surface area contributed by atoms with Crippen molar-refractivity contribution in [3.8, 4) is 23.7 Å². The van der Waals surface area contributed by atoms with Gasteiger partial charge in [-0.3, -0.25) is 4.79 Å². The average molecular weight is 472 g/mol. The van der Waals surface area contributed by atoms with E-state index in [0.717, 1.165) is 35.3 Å². The van der Waals surface area contributed by atoms with Crippen molar-refractivity contribution in [3.63, 3.8) is 0 Å². The Kier molecular flexibility index (Phi) is 4.66. The molecule has 0 radical (unpaired) electrons. The molecule has 6 nitrogen and oxygen atoms in total. The molecule has 2 aromatic carbocycles. The third kappa shape index (κ3) is 3.28. The molecule has 1 saturated carbocycles. The molecule has 2 aliphatic heterocycles. The summed E-state index contributed by atoms with van der Waals surface area (Å²) in [6.07, 6.45) is 2.07. The van der Waals surface area contributed by atoms with Crippen LogP contribution < -0.4 is 4.74 Å². The van der Waals surface area contributed by atoms with Crippen LogP contribution in [0.4, 0.5) is 8.78 Å². The molecule has 2 atom stereocenters. The third-order valence-electron chi connectivity index (χ3n) is 7.49. The van der Waals surface area contributed by atoms with Crippen LogP contribution in [0.25, 0.3) is 11.0 Å². The van der Waals surface area contributed by atoms with Gasteiger partial charge in [0.2, 0.25) is 0 Å². The lowest BCUT2D eigenvalue weighted by molar-refractivity contribution is -0.0507. The fraction of sp³-hybridized carbons (Fsp3) is 0.370. The number of carbonyl (C=O) groups is 1. The fourth-order valence-corrected chi connectivity index (χ4v) is 5.76. The highest BCUT2D eigenvalue weighted by Gasteiger charge is 2.45. The van der Waals surface area contributed by atoms with Crippen molar-refractivity contribution in [2.75, 3.05) is 7.05 Å². The lowest BCUT2D eigenvalue weighted by Crippen LogP contribution is -2.32. The molecule has 35 heavy (non-hydrogen) atoms. The van der Waals surface area contributed by atoms with Gasteiger partial charge in [0.1, 0.15) is 11.6 Å². The van der Waals surface area contributed by atoms with E-state index in [2.05, 4.69) is 17.9 Å². The van der Waals surface area contributed by atoms with E-state index in [-0.39, 0.29) is 35.1 Å². The van der Waals surface area contributed by atoms with Crippen LogP contribution in [0.2, 0.25) is 0 Å². The van der Waals surface area contributed by atoms with Gasteiger partial charge in [-0.2, -0.15) is 14.0 Å². The van der Waals surface area contributed by atoms with E-state index < -0.39 is 6.61 Å². The SMILES string of the molecule is CN1C(=O)c2cccc(OC(F)F)c2[C@H]2CC1c1nc3ccc(C#CC4CC(C)(C#N)C4)cc3n12. The maximum atomic E-state index is 13.2. The van der Waals surface area contributed by atoms with Gasteiger partial charge < -0.3 is 14.2 Å². The maximum Gasteiger partial charge on any atom is 0.387 e. The van der Waals surface area contributed by atoms with Gasteiger partial charge in [0.25, 0.3) is 5.91 Å². The Bertz CT molecular complexity index is 1490. The highest BCUT2D eigenvalue weighted by molar-refractivity contribution is 5.97. The average Bonchev–Trinajstić information content (AvgIpc) is 3.33. The molecule has 3 aliphatic rings. The molecule has 3 heterocycles. The van der Waals surface area contributed by atoms with E-state index in [1.165, 1.54) is 6.07 Å². The number of halogens is 2. The lowest BCUT2D eigenvalue weighted by atomic mass is 9.64. The third-order valence-corrected chi connectivity index (χ3v) is 7.49. The molecule has 1 amide bonds. The Morgan fingerprint density at radius 3 is 2.77 bits per heavy atom. The molecule has 1 unspecified atom stereocenters. The molecule has 1 fully saturated rings. The number of amides is 1. The first-order chi connectivity index (χ1) is 16.8. The summed E-state index contributed by atoms with van der Waals surface area (Å²) in [4.78, 5) is 19.7. The number of ether oxygens (including phenoxy) is 1. The number of hydrogen-bond donors (Lipinski definition) is 0. The highest BCUT2D eigenvalue weighted by atomic mass is 19.3. The van der Waals surface area contributed by atoms with E-state index in [1.54, 1.807) is 24.1 Å². The van der Waals surface area contributed by atoms with E-state index in [0.29, 0.717) is 17.5 Å². The normalized spacial score (nSPS) is 26.3. The molecule has 0 N–H and O–H groups in total. The number of rotatable bonds is 2. The van der Waals surface area contributed by atoms with Crippen molar-refractivity contribution in [3.05, 3.63) is 58.9 Å². The standard InChI is InChI=1S/C27H22F2N4O2/c1-27(14-30)12-16(13-27)7-6-15-8-9-18-19(10-15)33-20-11-21(24(33)31-18)32(2)25(34)17-4-3-5-22(23(17)20)35-26(28)29/h3-5,8-10,16,20-21,26H,11-13H2,1-2H3/t16?,20-,21?,27?/m1/s1. The van der Waals surface area contributed by atoms with Gasteiger partial charge in [-0.25, -0.2) is 4.98 Å². The molecule has 6 rings (SSSR count). The zero-order valence-corrected chi connectivity index (χ0v) is 19.3. The van der Waals surface area contributed by atoms with Crippen LogP contribution in [0.1, 0.15) is 65.6 Å². The Hall–Kier alpha value is -3.91. The van der Waals surface area contributed by atoms with Crippen molar-refractivity contribution >= 4 is 16.9 Å². The Morgan fingerprint density at radius 2 is 2.03 bits per heavy atom. The Balaban J connectivity index is 1.46. The molecule has 2 bridgehead atoms. The number of imidazole rings is 1.